The number of nitrogens with zero attached hydrogens (tertiary/aromatic N) is 4. The van der Waals surface area contributed by atoms with E-state index in [4.69, 9.17) is 27.3 Å². The number of carboxylic acids is 2. The first kappa shape index (κ1) is 28.2. The summed E-state index contributed by atoms with van der Waals surface area (Å²) in [6, 6.07) is -1.01. The highest BCUT2D eigenvalue weighted by Gasteiger charge is 2.54. The third-order valence-corrected chi connectivity index (χ3v) is 10.1. The Morgan fingerprint density at radius 3 is 2.66 bits per heavy atom. The van der Waals surface area contributed by atoms with Crippen molar-refractivity contribution in [1.82, 2.24) is 20.2 Å². The topological polar surface area (TPSA) is 197 Å². The van der Waals surface area contributed by atoms with Crippen molar-refractivity contribution in [1.29, 1.82) is 0 Å². The normalized spacial score (nSPS) is 19.2. The number of rotatable bonds is 10. The van der Waals surface area contributed by atoms with Gasteiger partial charge in [0.25, 0.3) is 11.8 Å². The Morgan fingerprint density at radius 1 is 1.32 bits per heavy atom. The van der Waals surface area contributed by atoms with Gasteiger partial charge in [0.05, 0.1) is 12.1 Å². The van der Waals surface area contributed by atoms with Gasteiger partial charge in [-0.25, -0.2) is 14.8 Å². The fourth-order valence-corrected chi connectivity index (χ4v) is 8.30. The molecule has 0 bridgehead atoms. The molecule has 4 rings (SSSR count). The first-order valence-corrected chi connectivity index (χ1v) is 14.6. The predicted octanol–water partition coefficient (Wildman–Crippen LogP) is 1.65. The van der Waals surface area contributed by atoms with Crippen LogP contribution >= 0.6 is 57.8 Å². The number of hydrogen-bond acceptors (Lipinski definition) is 13. The molecule has 202 valence electrons. The van der Waals surface area contributed by atoms with Crippen LogP contribution in [0.15, 0.2) is 20.8 Å². The molecule has 13 nitrogen and oxygen atoms in total. The van der Waals surface area contributed by atoms with Crippen LogP contribution in [0.25, 0.3) is 0 Å². The number of oxime groups is 1. The minimum absolute atomic E-state index is 0.00260. The first-order valence-electron chi connectivity index (χ1n) is 10.6. The second-order valence-corrected chi connectivity index (χ2v) is 12.8. The van der Waals surface area contributed by atoms with Crippen molar-refractivity contribution < 1.29 is 34.2 Å². The molecule has 4 heterocycles. The Labute approximate surface area is 236 Å². The van der Waals surface area contributed by atoms with Gasteiger partial charge >= 0.3 is 11.9 Å². The van der Waals surface area contributed by atoms with Crippen LogP contribution in [-0.4, -0.2) is 84.6 Å². The highest BCUT2D eigenvalue weighted by atomic mass is 35.5. The number of carbonyl (C=O) groups is 4. The second kappa shape index (κ2) is 11.5. The molecule has 1 fully saturated rings. The Balaban J connectivity index is 1.48. The molecule has 2 aliphatic rings. The molecule has 0 radical (unpaired) electrons. The third kappa shape index (κ3) is 5.61. The van der Waals surface area contributed by atoms with E-state index >= 15 is 0 Å². The third-order valence-electron chi connectivity index (χ3n) is 5.32. The molecule has 2 aliphatic heterocycles. The van der Waals surface area contributed by atoms with Crippen LogP contribution in [-0.2, 0) is 30.4 Å². The highest BCUT2D eigenvalue weighted by Crippen LogP contribution is 2.42. The van der Waals surface area contributed by atoms with E-state index in [1.54, 1.807) is 6.92 Å². The van der Waals surface area contributed by atoms with Crippen LogP contribution < -0.4 is 11.1 Å². The largest absolute Gasteiger partial charge is 0.481 e. The van der Waals surface area contributed by atoms with Crippen LogP contribution in [0.4, 0.5) is 5.13 Å². The summed E-state index contributed by atoms with van der Waals surface area (Å²) in [6.45, 7) is 1.72. The lowest BCUT2D eigenvalue weighted by Gasteiger charge is -2.49. The SMILES string of the molecule is CON=C(C(=O)NC1C(=O)N2C(C(=O)O)=C(CSc3nc(C)c(CC(=O)O)s3)CS[C@@H]12)c1nc(N)sc1Cl. The number of nitrogen functional groups attached to an aromatic ring is 1. The molecule has 0 spiro atoms. The van der Waals surface area contributed by atoms with E-state index in [1.165, 1.54) is 42.0 Å². The number of aromatic nitrogens is 2. The van der Waals surface area contributed by atoms with Crippen molar-refractivity contribution in [2.75, 3.05) is 24.3 Å². The summed E-state index contributed by atoms with van der Waals surface area (Å²) in [5.41, 5.74) is 6.36. The Morgan fingerprint density at radius 2 is 2.05 bits per heavy atom. The van der Waals surface area contributed by atoms with E-state index in [0.29, 0.717) is 26.2 Å². The van der Waals surface area contributed by atoms with Crippen molar-refractivity contribution in [3.05, 3.63) is 31.9 Å². The molecule has 1 saturated heterocycles. The van der Waals surface area contributed by atoms with Gasteiger partial charge in [-0.15, -0.1) is 23.1 Å². The molecule has 38 heavy (non-hydrogen) atoms. The Bertz CT molecular complexity index is 1390. The lowest BCUT2D eigenvalue weighted by Crippen LogP contribution is -2.71. The maximum absolute atomic E-state index is 13.0. The number of nitrogens with one attached hydrogen (secondary N) is 1. The van der Waals surface area contributed by atoms with Gasteiger partial charge in [0.1, 0.15) is 34.3 Å². The average Bonchev–Trinajstić information content (AvgIpc) is 3.37. The van der Waals surface area contributed by atoms with Gasteiger partial charge in [-0.05, 0) is 12.5 Å². The van der Waals surface area contributed by atoms with Gasteiger partial charge in [0, 0.05) is 16.4 Å². The van der Waals surface area contributed by atoms with Crippen LogP contribution in [0.5, 0.6) is 0 Å². The number of nitrogens with two attached hydrogens (primary N) is 1. The van der Waals surface area contributed by atoms with E-state index in [1.807, 2.05) is 0 Å². The number of amides is 2. The van der Waals surface area contributed by atoms with Gasteiger partial charge in [0.2, 0.25) is 0 Å². The molecular weight excluding hydrogens is 600 g/mol. The second-order valence-electron chi connectivity index (χ2n) is 7.76. The van der Waals surface area contributed by atoms with Crippen LogP contribution in [0.1, 0.15) is 16.3 Å². The molecule has 5 N–H and O–H groups in total. The zero-order chi connectivity index (χ0) is 27.7. The number of aryl methyl sites for hydroxylation is 1. The summed E-state index contributed by atoms with van der Waals surface area (Å²) < 4.78 is 0.722. The molecule has 2 aromatic heterocycles. The van der Waals surface area contributed by atoms with Gasteiger partial charge in [0.15, 0.2) is 15.2 Å². The lowest BCUT2D eigenvalue weighted by atomic mass is 10.0. The zero-order valence-corrected chi connectivity index (χ0v) is 23.6. The zero-order valence-electron chi connectivity index (χ0n) is 19.6. The average molecular weight is 619 g/mol. The van der Waals surface area contributed by atoms with E-state index in [-0.39, 0.29) is 38.7 Å². The summed E-state index contributed by atoms with van der Waals surface area (Å²) in [5, 5.41) is 24.6. The number of β-lactam (4-membered cyclic amide) rings is 1. The van der Waals surface area contributed by atoms with Crippen molar-refractivity contribution in [2.24, 2.45) is 5.16 Å². The minimum atomic E-state index is -1.27. The van der Waals surface area contributed by atoms with Gasteiger partial charge in [-0.2, -0.15) is 0 Å². The summed E-state index contributed by atoms with van der Waals surface area (Å²) >= 11 is 10.9. The number of halogens is 1. The molecule has 2 aromatic rings. The number of aliphatic carboxylic acids is 2. The molecular formula is C20H19ClN6O7S4. The number of fused-ring (bicyclic) bond motifs is 1. The van der Waals surface area contributed by atoms with Crippen LogP contribution in [0.3, 0.4) is 0 Å². The molecule has 0 saturated carbocycles. The van der Waals surface area contributed by atoms with E-state index in [2.05, 4.69) is 20.4 Å². The van der Waals surface area contributed by atoms with Gasteiger partial charge in [-0.3, -0.25) is 19.3 Å². The standard InChI is InChI=1S/C20H19ClN6O7S4/c1-6-8(3-9(28)29)37-20(23-6)36-5-7-4-35-17-12(16(31)27(17)13(7)18(32)33)24-15(30)11(26-34-2)10-14(21)38-19(22)25-10/h12,17H,3-5H2,1-2H3,(H2,22,25)(H,24,30)(H,28,29)(H,32,33)/t12?,17-/m0/s1. The number of anilines is 1. The number of hydrogen-bond donors (Lipinski definition) is 4. The maximum Gasteiger partial charge on any atom is 0.352 e. The number of thioether (sulfide) groups is 2. The van der Waals surface area contributed by atoms with E-state index in [9.17, 15) is 24.3 Å². The Kier molecular flexibility index (Phi) is 8.51. The van der Waals surface area contributed by atoms with E-state index < -0.39 is 35.2 Å². The summed E-state index contributed by atoms with van der Waals surface area (Å²) in [7, 11) is 1.23. The molecule has 2 amide bonds. The molecule has 2 atom stereocenters. The molecule has 0 aromatic carbocycles. The lowest BCUT2D eigenvalue weighted by molar-refractivity contribution is -0.150. The van der Waals surface area contributed by atoms with Crippen molar-refractivity contribution in [2.45, 2.75) is 29.1 Å². The van der Waals surface area contributed by atoms with Gasteiger partial charge < -0.3 is 26.1 Å². The number of carbonyl (C=O) groups excluding carboxylic acids is 2. The van der Waals surface area contributed by atoms with Crippen LogP contribution in [0.2, 0.25) is 4.34 Å². The smallest absolute Gasteiger partial charge is 0.352 e. The van der Waals surface area contributed by atoms with Gasteiger partial charge in [-0.1, -0.05) is 39.9 Å². The Hall–Kier alpha value is -2.86. The highest BCUT2D eigenvalue weighted by molar-refractivity contribution is 8.01. The monoisotopic (exact) mass is 618 g/mol. The van der Waals surface area contributed by atoms with Crippen molar-refractivity contribution >= 4 is 92.4 Å². The summed E-state index contributed by atoms with van der Waals surface area (Å²) in [5.74, 6) is -3.06. The van der Waals surface area contributed by atoms with Crippen molar-refractivity contribution in [3.8, 4) is 0 Å². The number of carboxylic acid groups (broad SMARTS) is 2. The van der Waals surface area contributed by atoms with Crippen molar-refractivity contribution in [3.63, 3.8) is 0 Å². The summed E-state index contributed by atoms with van der Waals surface area (Å²) in [6.07, 6.45) is -0.140. The first-order chi connectivity index (χ1) is 18.0. The minimum Gasteiger partial charge on any atom is -0.481 e. The van der Waals surface area contributed by atoms with E-state index in [0.717, 1.165) is 16.2 Å². The maximum atomic E-state index is 13.0. The number of thiazole rings is 2. The predicted molar refractivity (Wildman–Crippen MR) is 144 cm³/mol. The molecule has 0 aliphatic carbocycles. The fraction of sp³-hybridized carbons (Fsp3) is 0.350. The fourth-order valence-electron chi connectivity index (χ4n) is 3.66. The molecule has 1 unspecified atom stereocenters. The van der Waals surface area contributed by atoms with Crippen LogP contribution in [0, 0.1) is 6.92 Å². The summed E-state index contributed by atoms with van der Waals surface area (Å²) in [4.78, 5) is 64.0. The quantitative estimate of drug-likeness (QED) is 0.130. The molecule has 18 heteroatoms.